The van der Waals surface area contributed by atoms with E-state index in [-0.39, 0.29) is 11.6 Å². The van der Waals surface area contributed by atoms with Crippen LogP contribution in [0.15, 0.2) is 54.7 Å². The Bertz CT molecular complexity index is 1370. The molecular weight excluding hydrogens is 459 g/mol. The summed E-state index contributed by atoms with van der Waals surface area (Å²) in [5.41, 5.74) is 2.31. The molecule has 3 heterocycles. The lowest BCUT2D eigenvalue weighted by Crippen LogP contribution is -2.42. The maximum Gasteiger partial charge on any atom is 0.325 e. The summed E-state index contributed by atoms with van der Waals surface area (Å²) in [5.74, 6) is -0.516. The molecule has 3 amide bonds. The first-order valence-electron chi connectivity index (χ1n) is 10.5. The number of nitrogens with zero attached hydrogens (tertiary/aromatic N) is 4. The Morgan fingerprint density at radius 2 is 1.88 bits per heavy atom. The molecule has 0 bridgehead atoms. The van der Waals surface area contributed by atoms with Gasteiger partial charge in [-0.15, -0.1) is 0 Å². The number of urea groups is 1. The van der Waals surface area contributed by atoms with E-state index in [0.29, 0.717) is 27.5 Å². The second-order valence-electron chi connectivity index (χ2n) is 7.75. The predicted octanol–water partition coefficient (Wildman–Crippen LogP) is 3.80. The number of aromatic nitrogens is 3. The number of hydrogen-bond acceptors (Lipinski definition) is 7. The van der Waals surface area contributed by atoms with Gasteiger partial charge >= 0.3 is 6.03 Å². The van der Waals surface area contributed by atoms with Gasteiger partial charge in [0, 0.05) is 18.8 Å². The van der Waals surface area contributed by atoms with Crippen molar-refractivity contribution in [3.8, 4) is 0 Å². The second kappa shape index (κ2) is 9.12. The topological polar surface area (TPSA) is 120 Å². The second-order valence-corrected chi connectivity index (χ2v) is 8.78. The molecule has 1 unspecified atom stereocenters. The normalized spacial score (nSPS) is 13.9. The minimum absolute atomic E-state index is 0.123. The molecule has 11 heteroatoms. The molecule has 0 spiro atoms. The van der Waals surface area contributed by atoms with Gasteiger partial charge in [-0.25, -0.2) is 14.2 Å². The third-order valence-corrected chi connectivity index (χ3v) is 6.33. The number of hydrogen-bond donors (Lipinski definition) is 3. The van der Waals surface area contributed by atoms with Crippen LogP contribution >= 0.6 is 11.3 Å². The maximum absolute atomic E-state index is 13.0. The van der Waals surface area contributed by atoms with Crippen molar-refractivity contribution in [3.63, 3.8) is 0 Å². The Morgan fingerprint density at radius 1 is 1.09 bits per heavy atom. The van der Waals surface area contributed by atoms with Crippen LogP contribution in [0.1, 0.15) is 34.1 Å². The fraction of sp³-hybridized carbons (Fsp3) is 0.174. The van der Waals surface area contributed by atoms with Crippen LogP contribution in [0.2, 0.25) is 0 Å². The average molecular weight is 479 g/mol. The first kappa shape index (κ1) is 21.9. The number of aliphatic hydroxyl groups excluding tert-OH is 1. The van der Waals surface area contributed by atoms with Crippen molar-refractivity contribution >= 4 is 44.3 Å². The highest BCUT2D eigenvalue weighted by atomic mass is 32.1. The number of carbonyl (C=O) groups is 2. The van der Waals surface area contributed by atoms with E-state index in [9.17, 15) is 19.1 Å². The number of fused-ring (bicyclic) bond motifs is 1. The summed E-state index contributed by atoms with van der Waals surface area (Å²) < 4.78 is 13.8. The summed E-state index contributed by atoms with van der Waals surface area (Å²) in [4.78, 5) is 30.8. The van der Waals surface area contributed by atoms with Gasteiger partial charge in [-0.2, -0.15) is 10.2 Å². The van der Waals surface area contributed by atoms with Gasteiger partial charge in [0.1, 0.15) is 11.9 Å². The van der Waals surface area contributed by atoms with Crippen LogP contribution in [0.4, 0.5) is 20.0 Å². The van der Waals surface area contributed by atoms with Crippen molar-refractivity contribution in [2.75, 3.05) is 23.7 Å². The molecule has 172 valence electrons. The summed E-state index contributed by atoms with van der Waals surface area (Å²) in [6.07, 6.45) is 1.30. The number of anilines is 2. The molecule has 0 radical (unpaired) electrons. The molecule has 0 saturated carbocycles. The van der Waals surface area contributed by atoms with Crippen molar-refractivity contribution in [1.82, 2.24) is 20.1 Å². The Morgan fingerprint density at radius 3 is 2.62 bits per heavy atom. The lowest BCUT2D eigenvalue weighted by molar-refractivity contribution is 0.0650. The average Bonchev–Trinajstić information content (AvgIpc) is 3.20. The summed E-state index contributed by atoms with van der Waals surface area (Å²) in [5, 5.41) is 24.4. The van der Waals surface area contributed by atoms with Crippen molar-refractivity contribution in [2.45, 2.75) is 12.5 Å². The van der Waals surface area contributed by atoms with E-state index in [2.05, 4.69) is 25.8 Å². The van der Waals surface area contributed by atoms with Gasteiger partial charge in [-0.1, -0.05) is 17.4 Å². The fourth-order valence-electron chi connectivity index (χ4n) is 3.46. The van der Waals surface area contributed by atoms with Crippen LogP contribution in [0.3, 0.4) is 0 Å². The van der Waals surface area contributed by atoms with Crippen LogP contribution in [0.25, 0.3) is 10.2 Å². The maximum atomic E-state index is 13.0. The van der Waals surface area contributed by atoms with Gasteiger partial charge in [-0.05, 0) is 54.4 Å². The van der Waals surface area contributed by atoms with E-state index in [4.69, 9.17) is 0 Å². The van der Waals surface area contributed by atoms with Gasteiger partial charge in [0.2, 0.25) is 0 Å². The number of nitrogens with one attached hydrogen (secondary N) is 2. The lowest BCUT2D eigenvalue weighted by Gasteiger charge is -2.30. The minimum atomic E-state index is -1.08. The molecule has 1 saturated heterocycles. The molecule has 5 rings (SSSR count). The number of amides is 3. The highest BCUT2D eigenvalue weighted by Gasteiger charge is 2.23. The number of thiazole rings is 1. The summed E-state index contributed by atoms with van der Waals surface area (Å²) in [6, 6.07) is 11.7. The Labute approximate surface area is 197 Å². The standard InChI is InChI=1S/C23H19FN6O3S/c24-15-3-5-16(6-4-15)26-22(33)28-23-27-17-7-2-13(11-19(17)34-23)20(31)18-10-14(12-25-29-18)21(32)30-8-1-9-30/h2-7,10-12,20,31H,1,8-9H2,(H2,26,27,28,33). The highest BCUT2D eigenvalue weighted by Crippen LogP contribution is 2.30. The van der Waals surface area contributed by atoms with Crippen LogP contribution in [-0.2, 0) is 0 Å². The van der Waals surface area contributed by atoms with Gasteiger partial charge in [0.25, 0.3) is 5.91 Å². The predicted molar refractivity (Wildman–Crippen MR) is 125 cm³/mol. The first-order chi connectivity index (χ1) is 16.5. The molecule has 2 aromatic heterocycles. The van der Waals surface area contributed by atoms with Crippen molar-refractivity contribution in [1.29, 1.82) is 0 Å². The quantitative estimate of drug-likeness (QED) is 0.401. The summed E-state index contributed by atoms with van der Waals surface area (Å²) in [6.45, 7) is 1.44. The van der Waals surface area contributed by atoms with Gasteiger partial charge in [-0.3, -0.25) is 10.1 Å². The Kier molecular flexibility index (Phi) is 5.86. The molecule has 2 aromatic carbocycles. The van der Waals surface area contributed by atoms with E-state index in [1.54, 1.807) is 29.2 Å². The molecule has 4 aromatic rings. The number of benzene rings is 2. The molecule has 1 fully saturated rings. The van der Waals surface area contributed by atoms with Gasteiger partial charge in [0.15, 0.2) is 5.13 Å². The summed E-state index contributed by atoms with van der Waals surface area (Å²) >= 11 is 1.24. The largest absolute Gasteiger partial charge is 0.382 e. The molecule has 0 aliphatic carbocycles. The number of halogens is 1. The molecule has 1 atom stereocenters. The van der Waals surface area contributed by atoms with Crippen molar-refractivity contribution in [3.05, 3.63) is 77.4 Å². The van der Waals surface area contributed by atoms with E-state index in [0.717, 1.165) is 24.2 Å². The first-order valence-corrected chi connectivity index (χ1v) is 11.3. The minimum Gasteiger partial charge on any atom is -0.382 e. The Hall–Kier alpha value is -3.96. The molecule has 34 heavy (non-hydrogen) atoms. The van der Waals surface area contributed by atoms with E-state index in [1.165, 1.54) is 41.8 Å². The molecular formula is C23H19FN6O3S. The highest BCUT2D eigenvalue weighted by molar-refractivity contribution is 7.22. The van der Waals surface area contributed by atoms with Crippen LogP contribution in [-0.4, -0.2) is 50.2 Å². The summed E-state index contributed by atoms with van der Waals surface area (Å²) in [7, 11) is 0. The van der Waals surface area contributed by atoms with Crippen molar-refractivity contribution in [2.24, 2.45) is 0 Å². The van der Waals surface area contributed by atoms with Crippen LogP contribution in [0, 0.1) is 5.82 Å². The van der Waals surface area contributed by atoms with E-state index in [1.807, 2.05) is 0 Å². The zero-order chi connectivity index (χ0) is 23.7. The molecule has 1 aliphatic rings. The van der Waals surface area contributed by atoms with Crippen molar-refractivity contribution < 1.29 is 19.1 Å². The molecule has 9 nitrogen and oxygen atoms in total. The van der Waals surface area contributed by atoms with E-state index >= 15 is 0 Å². The number of rotatable bonds is 5. The SMILES string of the molecule is O=C(Nc1ccc(F)cc1)Nc1nc2ccc(C(O)c3cc(C(=O)N4CCC4)cnn3)cc2s1. The zero-order valence-electron chi connectivity index (χ0n) is 17.7. The van der Waals surface area contributed by atoms with Gasteiger partial charge < -0.3 is 15.3 Å². The van der Waals surface area contributed by atoms with Crippen LogP contribution < -0.4 is 10.6 Å². The monoisotopic (exact) mass is 478 g/mol. The smallest absolute Gasteiger partial charge is 0.325 e. The van der Waals surface area contributed by atoms with E-state index < -0.39 is 18.0 Å². The molecule has 3 N–H and O–H groups in total. The molecule has 1 aliphatic heterocycles. The lowest BCUT2D eigenvalue weighted by atomic mass is 10.0. The Balaban J connectivity index is 1.31. The van der Waals surface area contributed by atoms with Crippen LogP contribution in [0.5, 0.6) is 0 Å². The fourth-order valence-corrected chi connectivity index (χ4v) is 4.37. The third kappa shape index (κ3) is 4.56. The number of carbonyl (C=O) groups excluding carboxylic acids is 2. The third-order valence-electron chi connectivity index (χ3n) is 5.39. The number of aliphatic hydroxyl groups is 1. The van der Waals surface area contributed by atoms with Gasteiger partial charge in [0.05, 0.1) is 27.7 Å². The number of likely N-dealkylation sites (tertiary alicyclic amines) is 1. The zero-order valence-corrected chi connectivity index (χ0v) is 18.6.